The molecule has 1 amide bonds. The van der Waals surface area contributed by atoms with Gasteiger partial charge in [-0.25, -0.2) is 4.39 Å². The van der Waals surface area contributed by atoms with Crippen molar-refractivity contribution in [2.24, 2.45) is 5.92 Å². The minimum Gasteiger partial charge on any atom is -0.469 e. The van der Waals surface area contributed by atoms with Gasteiger partial charge in [0.25, 0.3) is 0 Å². The summed E-state index contributed by atoms with van der Waals surface area (Å²) in [5.74, 6) is -1.18. The first-order chi connectivity index (χ1) is 7.50. The number of methoxy groups -OCH3 is 1. The van der Waals surface area contributed by atoms with Gasteiger partial charge in [-0.2, -0.15) is 0 Å². The Hall–Kier alpha value is -1.39. The van der Waals surface area contributed by atoms with E-state index in [1.54, 1.807) is 0 Å². The number of amides is 1. The number of nitrogens with one attached hydrogen (secondary N) is 1. The number of hydrogen-bond donors (Lipinski definition) is 1. The third kappa shape index (κ3) is 3.05. The Kier molecular flexibility index (Phi) is 4.04. The summed E-state index contributed by atoms with van der Waals surface area (Å²) < 4.78 is 18.7. The van der Waals surface area contributed by atoms with Crippen molar-refractivity contribution < 1.29 is 18.7 Å². The average molecular weight is 229 g/mol. The number of halogens is 1. The molecule has 0 bridgehead atoms. The van der Waals surface area contributed by atoms with E-state index in [0.29, 0.717) is 6.42 Å². The number of esters is 1. The van der Waals surface area contributed by atoms with Crippen molar-refractivity contribution in [2.75, 3.05) is 13.7 Å². The summed E-state index contributed by atoms with van der Waals surface area (Å²) in [6.07, 6.45) is 1.94. The third-order valence-corrected chi connectivity index (χ3v) is 2.85. The highest BCUT2D eigenvalue weighted by Crippen LogP contribution is 2.37. The molecule has 1 fully saturated rings. The predicted octanol–water partition coefficient (Wildman–Crippen LogP) is 0.970. The van der Waals surface area contributed by atoms with Crippen molar-refractivity contribution in [1.29, 1.82) is 0 Å². The molecule has 2 atom stereocenters. The summed E-state index contributed by atoms with van der Waals surface area (Å²) >= 11 is 0. The molecule has 5 heteroatoms. The van der Waals surface area contributed by atoms with Gasteiger partial charge in [0.15, 0.2) is 0 Å². The smallest absolute Gasteiger partial charge is 0.308 e. The molecule has 1 N–H and O–H groups in total. The zero-order chi connectivity index (χ0) is 12.2. The van der Waals surface area contributed by atoms with Crippen LogP contribution in [0.1, 0.15) is 19.3 Å². The minimum atomic E-state index is -1.50. The van der Waals surface area contributed by atoms with Crippen LogP contribution >= 0.6 is 0 Å². The molecule has 0 aromatic rings. The highest BCUT2D eigenvalue weighted by Gasteiger charge is 2.42. The van der Waals surface area contributed by atoms with E-state index in [1.807, 2.05) is 0 Å². The van der Waals surface area contributed by atoms with Crippen molar-refractivity contribution in [1.82, 2.24) is 5.32 Å². The van der Waals surface area contributed by atoms with Gasteiger partial charge in [0.05, 0.1) is 19.6 Å². The lowest BCUT2D eigenvalue weighted by atomic mass is 10.0. The summed E-state index contributed by atoms with van der Waals surface area (Å²) in [5, 5.41) is 2.41. The van der Waals surface area contributed by atoms with Gasteiger partial charge in [0.1, 0.15) is 5.67 Å². The van der Waals surface area contributed by atoms with Crippen LogP contribution in [0.25, 0.3) is 0 Å². The van der Waals surface area contributed by atoms with E-state index in [0.717, 1.165) is 6.08 Å². The summed E-state index contributed by atoms with van der Waals surface area (Å²) in [6, 6.07) is 0. The first-order valence-electron chi connectivity index (χ1n) is 5.18. The molecule has 4 nitrogen and oxygen atoms in total. The van der Waals surface area contributed by atoms with Crippen LogP contribution in [0, 0.1) is 5.92 Å². The molecule has 0 heterocycles. The number of hydrogen-bond acceptors (Lipinski definition) is 3. The molecule has 1 rings (SSSR count). The van der Waals surface area contributed by atoms with Gasteiger partial charge in [-0.3, -0.25) is 9.59 Å². The third-order valence-electron chi connectivity index (χ3n) is 2.85. The normalized spacial score (nSPS) is 28.5. The summed E-state index contributed by atoms with van der Waals surface area (Å²) in [7, 11) is 1.29. The monoisotopic (exact) mass is 229 g/mol. The zero-order valence-electron chi connectivity index (χ0n) is 9.29. The molecule has 0 saturated heterocycles. The molecule has 0 spiro atoms. The number of alkyl halides is 1. The Morgan fingerprint density at radius 1 is 1.69 bits per heavy atom. The fourth-order valence-corrected chi connectivity index (χ4v) is 1.92. The number of rotatable bonds is 4. The Morgan fingerprint density at radius 2 is 2.38 bits per heavy atom. The maximum Gasteiger partial charge on any atom is 0.308 e. The molecular weight excluding hydrogens is 213 g/mol. The molecular formula is C11H16FNO3. The highest BCUT2D eigenvalue weighted by molar-refractivity contribution is 5.86. The topological polar surface area (TPSA) is 55.4 Å². The molecule has 90 valence electrons. The minimum absolute atomic E-state index is 0.0780. The van der Waals surface area contributed by atoms with Crippen molar-refractivity contribution in [3.05, 3.63) is 12.7 Å². The second kappa shape index (κ2) is 5.09. The van der Waals surface area contributed by atoms with Crippen molar-refractivity contribution in [2.45, 2.75) is 24.9 Å². The van der Waals surface area contributed by atoms with Crippen LogP contribution in [0.3, 0.4) is 0 Å². The van der Waals surface area contributed by atoms with Crippen molar-refractivity contribution in [3.63, 3.8) is 0 Å². The summed E-state index contributed by atoms with van der Waals surface area (Å²) in [4.78, 5) is 22.1. The quantitative estimate of drug-likeness (QED) is 0.577. The van der Waals surface area contributed by atoms with E-state index < -0.39 is 17.5 Å². The fourth-order valence-electron chi connectivity index (χ4n) is 1.92. The number of carbonyl (C=O) groups is 2. The summed E-state index contributed by atoms with van der Waals surface area (Å²) in [5.41, 5.74) is -1.50. The standard InChI is InChI=1S/C11H16FNO3/c1-3-9(14)13-7-11(12)5-4-8(6-11)10(15)16-2/h3,8H,1,4-7H2,2H3,(H,13,14)/t8-,11-/m1/s1. The van der Waals surface area contributed by atoms with Gasteiger partial charge in [-0.15, -0.1) is 0 Å². The molecule has 0 unspecified atom stereocenters. The van der Waals surface area contributed by atoms with E-state index in [2.05, 4.69) is 16.6 Å². The van der Waals surface area contributed by atoms with Crippen LogP contribution in [0.2, 0.25) is 0 Å². The van der Waals surface area contributed by atoms with Gasteiger partial charge in [-0.05, 0) is 25.3 Å². The Morgan fingerprint density at radius 3 is 2.94 bits per heavy atom. The maximum absolute atomic E-state index is 14.1. The van der Waals surface area contributed by atoms with Crippen LogP contribution in [-0.4, -0.2) is 31.2 Å². The number of ether oxygens (including phenoxy) is 1. The van der Waals surface area contributed by atoms with E-state index in [9.17, 15) is 14.0 Å². The summed E-state index contributed by atoms with van der Waals surface area (Å²) in [6.45, 7) is 3.20. The SMILES string of the molecule is C=CC(=O)NC[C@@]1(F)CC[C@@H](C(=O)OC)C1. The predicted molar refractivity (Wildman–Crippen MR) is 56.4 cm³/mol. The van der Waals surface area contributed by atoms with Gasteiger partial charge in [0, 0.05) is 0 Å². The maximum atomic E-state index is 14.1. The molecule has 1 saturated carbocycles. The van der Waals surface area contributed by atoms with E-state index in [4.69, 9.17) is 0 Å². The van der Waals surface area contributed by atoms with E-state index >= 15 is 0 Å². The Bertz CT molecular complexity index is 306. The van der Waals surface area contributed by atoms with Gasteiger partial charge in [-0.1, -0.05) is 6.58 Å². The first kappa shape index (κ1) is 12.7. The molecule has 0 aliphatic heterocycles. The lowest BCUT2D eigenvalue weighted by molar-refractivity contribution is -0.145. The molecule has 16 heavy (non-hydrogen) atoms. The lowest BCUT2D eigenvalue weighted by Crippen LogP contribution is -2.37. The van der Waals surface area contributed by atoms with Crippen LogP contribution in [-0.2, 0) is 14.3 Å². The van der Waals surface area contributed by atoms with Gasteiger partial charge in [0.2, 0.25) is 5.91 Å². The zero-order valence-corrected chi connectivity index (χ0v) is 9.29. The van der Waals surface area contributed by atoms with Gasteiger partial charge < -0.3 is 10.1 Å². The largest absolute Gasteiger partial charge is 0.469 e. The molecule has 1 aliphatic carbocycles. The Labute approximate surface area is 93.8 Å². The van der Waals surface area contributed by atoms with Gasteiger partial charge >= 0.3 is 5.97 Å². The molecule has 0 aromatic carbocycles. The highest BCUT2D eigenvalue weighted by atomic mass is 19.1. The van der Waals surface area contributed by atoms with Crippen molar-refractivity contribution in [3.8, 4) is 0 Å². The van der Waals surface area contributed by atoms with Crippen LogP contribution < -0.4 is 5.32 Å². The van der Waals surface area contributed by atoms with Crippen LogP contribution in [0.15, 0.2) is 12.7 Å². The average Bonchev–Trinajstić information content (AvgIpc) is 2.68. The molecule has 1 aliphatic rings. The van der Waals surface area contributed by atoms with Crippen LogP contribution in [0.4, 0.5) is 4.39 Å². The van der Waals surface area contributed by atoms with Crippen molar-refractivity contribution >= 4 is 11.9 Å². The fraction of sp³-hybridized carbons (Fsp3) is 0.636. The van der Waals surface area contributed by atoms with E-state index in [1.165, 1.54) is 7.11 Å². The molecule has 0 aromatic heterocycles. The lowest BCUT2D eigenvalue weighted by Gasteiger charge is -2.19. The number of carbonyl (C=O) groups excluding carboxylic acids is 2. The first-order valence-corrected chi connectivity index (χ1v) is 5.18. The second-order valence-electron chi connectivity index (χ2n) is 4.04. The second-order valence-corrected chi connectivity index (χ2v) is 4.04. The molecule has 0 radical (unpaired) electrons. The van der Waals surface area contributed by atoms with E-state index in [-0.39, 0.29) is 25.4 Å². The Balaban J connectivity index is 2.46. The van der Waals surface area contributed by atoms with Crippen LogP contribution in [0.5, 0.6) is 0 Å².